The van der Waals surface area contributed by atoms with Crippen molar-refractivity contribution >= 4 is 5.82 Å². The van der Waals surface area contributed by atoms with Crippen molar-refractivity contribution in [3.63, 3.8) is 0 Å². The number of anilines is 1. The third-order valence-electron chi connectivity index (χ3n) is 2.73. The van der Waals surface area contributed by atoms with Gasteiger partial charge in [-0.3, -0.25) is 0 Å². The highest BCUT2D eigenvalue weighted by molar-refractivity contribution is 5.55. The number of rotatable bonds is 3. The van der Waals surface area contributed by atoms with Gasteiger partial charge in [0.15, 0.2) is 0 Å². The van der Waals surface area contributed by atoms with Gasteiger partial charge in [-0.1, -0.05) is 5.92 Å². The van der Waals surface area contributed by atoms with Crippen LogP contribution in [0.2, 0.25) is 0 Å². The average molecular weight is 232 g/mol. The molecule has 1 aliphatic rings. The zero-order valence-electron chi connectivity index (χ0n) is 9.93. The molecule has 0 N–H and O–H groups in total. The lowest BCUT2D eigenvalue weighted by Crippen LogP contribution is -2.45. The highest BCUT2D eigenvalue weighted by atomic mass is 16.5. The molecule has 0 bridgehead atoms. The van der Waals surface area contributed by atoms with E-state index in [0.717, 1.165) is 24.5 Å². The summed E-state index contributed by atoms with van der Waals surface area (Å²) in [4.78, 5) is 6.51. The average Bonchev–Trinajstić information content (AvgIpc) is 2.39. The first-order valence-corrected chi connectivity index (χ1v) is 5.62. The molecule has 0 unspecified atom stereocenters. The smallest absolute Gasteiger partial charge is 0.144 e. The fraction of sp³-hybridized carbons (Fsp3) is 0.462. The van der Waals surface area contributed by atoms with Gasteiger partial charge in [0.25, 0.3) is 0 Å². The van der Waals surface area contributed by atoms with Crippen LogP contribution in [-0.2, 0) is 9.47 Å². The second-order valence-corrected chi connectivity index (χ2v) is 3.91. The minimum Gasteiger partial charge on any atom is -0.382 e. The van der Waals surface area contributed by atoms with E-state index in [9.17, 15) is 0 Å². The maximum Gasteiger partial charge on any atom is 0.144 e. The predicted molar refractivity (Wildman–Crippen MR) is 66.0 cm³/mol. The molecule has 2 heterocycles. The number of terminal acetylenes is 1. The highest BCUT2D eigenvalue weighted by Gasteiger charge is 2.22. The zero-order valence-corrected chi connectivity index (χ0v) is 9.93. The molecule has 0 aliphatic carbocycles. The number of ether oxygens (including phenoxy) is 2. The van der Waals surface area contributed by atoms with Crippen molar-refractivity contribution in [2.45, 2.75) is 6.10 Å². The van der Waals surface area contributed by atoms with Crippen LogP contribution in [0.5, 0.6) is 0 Å². The first kappa shape index (κ1) is 11.9. The van der Waals surface area contributed by atoms with E-state index in [-0.39, 0.29) is 6.10 Å². The third-order valence-corrected chi connectivity index (χ3v) is 2.73. The quantitative estimate of drug-likeness (QED) is 0.726. The molecule has 0 radical (unpaired) electrons. The van der Waals surface area contributed by atoms with Crippen LogP contribution < -0.4 is 4.90 Å². The van der Waals surface area contributed by atoms with E-state index in [1.54, 1.807) is 13.3 Å². The van der Waals surface area contributed by atoms with Crippen LogP contribution in [0.25, 0.3) is 0 Å². The van der Waals surface area contributed by atoms with Gasteiger partial charge in [-0.15, -0.1) is 6.42 Å². The van der Waals surface area contributed by atoms with Gasteiger partial charge >= 0.3 is 0 Å². The third kappa shape index (κ3) is 2.76. The van der Waals surface area contributed by atoms with E-state index < -0.39 is 0 Å². The number of aromatic nitrogens is 1. The van der Waals surface area contributed by atoms with Gasteiger partial charge in [-0.05, 0) is 12.1 Å². The van der Waals surface area contributed by atoms with Crippen LogP contribution in [0, 0.1) is 12.3 Å². The number of hydrogen-bond acceptors (Lipinski definition) is 4. The molecule has 17 heavy (non-hydrogen) atoms. The van der Waals surface area contributed by atoms with Crippen molar-refractivity contribution in [1.29, 1.82) is 0 Å². The number of methoxy groups -OCH3 is 1. The monoisotopic (exact) mass is 232 g/mol. The summed E-state index contributed by atoms with van der Waals surface area (Å²) in [5, 5.41) is 0. The minimum atomic E-state index is 0.0846. The lowest BCUT2D eigenvalue weighted by molar-refractivity contribution is -0.0102. The molecular formula is C13H16N2O2. The molecule has 0 amide bonds. The molecule has 4 nitrogen and oxygen atoms in total. The maximum atomic E-state index is 5.60. The number of nitrogens with zero attached hydrogens (tertiary/aromatic N) is 2. The van der Waals surface area contributed by atoms with E-state index in [4.69, 9.17) is 15.9 Å². The molecule has 0 aromatic carbocycles. The Bertz CT molecular complexity index is 412. The fourth-order valence-electron chi connectivity index (χ4n) is 1.96. The lowest BCUT2D eigenvalue weighted by atomic mass is 10.2. The first-order valence-electron chi connectivity index (χ1n) is 5.62. The van der Waals surface area contributed by atoms with Gasteiger partial charge < -0.3 is 14.4 Å². The van der Waals surface area contributed by atoms with Gasteiger partial charge in [0, 0.05) is 26.4 Å². The number of pyridine rings is 1. The van der Waals surface area contributed by atoms with Crippen molar-refractivity contribution in [3.05, 3.63) is 23.9 Å². The first-order chi connectivity index (χ1) is 8.35. The molecular weight excluding hydrogens is 216 g/mol. The summed E-state index contributed by atoms with van der Waals surface area (Å²) in [7, 11) is 1.68. The van der Waals surface area contributed by atoms with Crippen molar-refractivity contribution < 1.29 is 9.47 Å². The molecule has 1 aromatic heterocycles. The Kier molecular flexibility index (Phi) is 3.97. The Morgan fingerprint density at radius 1 is 1.71 bits per heavy atom. The topological polar surface area (TPSA) is 34.6 Å². The highest BCUT2D eigenvalue weighted by Crippen LogP contribution is 2.19. The van der Waals surface area contributed by atoms with Crippen molar-refractivity contribution in [3.8, 4) is 12.3 Å². The minimum absolute atomic E-state index is 0.0846. The SMILES string of the molecule is C#Cc1cccnc1N1CCO[C@H](COC)C1. The summed E-state index contributed by atoms with van der Waals surface area (Å²) >= 11 is 0. The Morgan fingerprint density at radius 3 is 3.35 bits per heavy atom. The van der Waals surface area contributed by atoms with Crippen molar-refractivity contribution in [1.82, 2.24) is 4.98 Å². The van der Waals surface area contributed by atoms with Gasteiger partial charge in [-0.2, -0.15) is 0 Å². The van der Waals surface area contributed by atoms with Gasteiger partial charge in [0.1, 0.15) is 5.82 Å². The van der Waals surface area contributed by atoms with Crippen LogP contribution in [0.1, 0.15) is 5.56 Å². The van der Waals surface area contributed by atoms with Gasteiger partial charge in [0.2, 0.25) is 0 Å². The standard InChI is InChI=1S/C13H16N2O2/c1-3-11-5-4-6-14-13(11)15-7-8-17-12(9-15)10-16-2/h1,4-6,12H,7-10H2,2H3/t12-/m0/s1. The van der Waals surface area contributed by atoms with E-state index in [1.165, 1.54) is 0 Å². The second kappa shape index (κ2) is 5.67. The molecule has 1 atom stereocenters. The Balaban J connectivity index is 2.14. The predicted octanol–water partition coefficient (Wildman–Crippen LogP) is 0.915. The molecule has 1 aromatic rings. The fourth-order valence-corrected chi connectivity index (χ4v) is 1.96. The van der Waals surface area contributed by atoms with E-state index >= 15 is 0 Å². The zero-order chi connectivity index (χ0) is 12.1. The summed E-state index contributed by atoms with van der Waals surface area (Å²) in [5.41, 5.74) is 0.825. The Labute approximate surface area is 102 Å². The Hall–Kier alpha value is -1.57. The molecule has 0 spiro atoms. The van der Waals surface area contributed by atoms with Gasteiger partial charge in [-0.25, -0.2) is 4.98 Å². The maximum absolute atomic E-state index is 5.60. The lowest BCUT2D eigenvalue weighted by Gasteiger charge is -2.33. The molecule has 90 valence electrons. The molecule has 1 fully saturated rings. The number of morpholine rings is 1. The molecule has 0 saturated carbocycles. The van der Waals surface area contributed by atoms with E-state index in [0.29, 0.717) is 13.2 Å². The molecule has 1 aliphatic heterocycles. The molecule has 2 rings (SSSR count). The number of hydrogen-bond donors (Lipinski definition) is 0. The molecule has 4 heteroatoms. The van der Waals surface area contributed by atoms with Crippen LogP contribution in [0.3, 0.4) is 0 Å². The van der Waals surface area contributed by atoms with Crippen LogP contribution in [-0.4, -0.2) is 44.5 Å². The largest absolute Gasteiger partial charge is 0.382 e. The van der Waals surface area contributed by atoms with Crippen molar-refractivity contribution in [2.24, 2.45) is 0 Å². The molecule has 1 saturated heterocycles. The summed E-state index contributed by atoms with van der Waals surface area (Å²) in [5.74, 6) is 3.52. The van der Waals surface area contributed by atoms with E-state index in [1.807, 2.05) is 12.1 Å². The van der Waals surface area contributed by atoms with Crippen LogP contribution in [0.4, 0.5) is 5.82 Å². The second-order valence-electron chi connectivity index (χ2n) is 3.91. The Morgan fingerprint density at radius 2 is 2.59 bits per heavy atom. The van der Waals surface area contributed by atoms with Gasteiger partial charge in [0.05, 0.1) is 24.9 Å². The summed E-state index contributed by atoms with van der Waals surface area (Å²) in [6.07, 6.45) is 7.32. The summed E-state index contributed by atoms with van der Waals surface area (Å²) < 4.78 is 10.7. The van der Waals surface area contributed by atoms with Crippen LogP contribution in [0.15, 0.2) is 18.3 Å². The summed E-state index contributed by atoms with van der Waals surface area (Å²) in [6, 6.07) is 3.76. The van der Waals surface area contributed by atoms with E-state index in [2.05, 4.69) is 15.8 Å². The van der Waals surface area contributed by atoms with Crippen molar-refractivity contribution in [2.75, 3.05) is 38.3 Å². The summed E-state index contributed by atoms with van der Waals surface area (Å²) in [6.45, 7) is 2.84. The van der Waals surface area contributed by atoms with Crippen LogP contribution >= 0.6 is 0 Å². The normalized spacial score (nSPS) is 20.0.